The maximum absolute atomic E-state index is 11.9. The maximum Gasteiger partial charge on any atom is 0.258 e. The van der Waals surface area contributed by atoms with Gasteiger partial charge in [-0.3, -0.25) is 15.1 Å². The number of nitrogens with one attached hydrogen (secondary N) is 1. The number of nitrogens with zero attached hydrogens (tertiary/aromatic N) is 2. The topological polar surface area (TPSA) is 54.9 Å². The zero-order chi connectivity index (χ0) is 13.1. The smallest absolute Gasteiger partial charge is 0.258 e. The number of aromatic nitrogens is 2. The Morgan fingerprint density at radius 1 is 1.26 bits per heavy atom. The first-order valence-electron chi connectivity index (χ1n) is 5.52. The van der Waals surface area contributed by atoms with E-state index >= 15 is 0 Å². The summed E-state index contributed by atoms with van der Waals surface area (Å²) < 4.78 is 0. The van der Waals surface area contributed by atoms with Gasteiger partial charge in [0.05, 0.1) is 11.3 Å². The Hall–Kier alpha value is -2.05. The molecule has 0 saturated heterocycles. The van der Waals surface area contributed by atoms with Crippen molar-refractivity contribution in [2.45, 2.75) is 0 Å². The molecule has 0 aliphatic carbocycles. The number of rotatable bonds is 3. The Morgan fingerprint density at radius 2 is 2.21 bits per heavy atom. The minimum absolute atomic E-state index is 0.131. The summed E-state index contributed by atoms with van der Waals surface area (Å²) in [5.41, 5.74) is 2.41. The van der Waals surface area contributed by atoms with Gasteiger partial charge in [-0.15, -0.1) is 11.3 Å². The van der Waals surface area contributed by atoms with Crippen LogP contribution >= 0.6 is 22.7 Å². The van der Waals surface area contributed by atoms with Crippen LogP contribution in [0.15, 0.2) is 46.7 Å². The van der Waals surface area contributed by atoms with E-state index in [1.807, 2.05) is 28.3 Å². The standard InChI is InChI=1S/C13H9N3OS2/c17-12(10-3-5-18-7-10)16-13-15-11(8-19-13)9-2-1-4-14-6-9/h1-8H,(H,15,16,17). The lowest BCUT2D eigenvalue weighted by atomic mass is 10.2. The second kappa shape index (κ2) is 5.29. The highest BCUT2D eigenvalue weighted by molar-refractivity contribution is 7.14. The van der Waals surface area contributed by atoms with E-state index in [2.05, 4.69) is 15.3 Å². The zero-order valence-corrected chi connectivity index (χ0v) is 11.4. The number of amides is 1. The molecule has 3 aromatic rings. The van der Waals surface area contributed by atoms with Crippen LogP contribution in [0, 0.1) is 0 Å². The number of carbonyl (C=O) groups is 1. The maximum atomic E-state index is 11.9. The summed E-state index contributed by atoms with van der Waals surface area (Å²) >= 11 is 2.90. The summed E-state index contributed by atoms with van der Waals surface area (Å²) in [7, 11) is 0. The first-order chi connectivity index (χ1) is 9.33. The van der Waals surface area contributed by atoms with E-state index in [4.69, 9.17) is 0 Å². The first kappa shape index (κ1) is 12.0. The molecule has 0 atom stereocenters. The van der Waals surface area contributed by atoms with Crippen molar-refractivity contribution in [2.24, 2.45) is 0 Å². The Morgan fingerprint density at radius 3 is 2.95 bits per heavy atom. The predicted molar refractivity (Wildman–Crippen MR) is 77.6 cm³/mol. The van der Waals surface area contributed by atoms with Gasteiger partial charge in [-0.2, -0.15) is 11.3 Å². The Balaban J connectivity index is 1.77. The van der Waals surface area contributed by atoms with Gasteiger partial charge in [-0.25, -0.2) is 4.98 Å². The second-order valence-electron chi connectivity index (χ2n) is 3.75. The molecule has 1 amide bonds. The van der Waals surface area contributed by atoms with Gasteiger partial charge in [0.15, 0.2) is 5.13 Å². The predicted octanol–water partition coefficient (Wildman–Crippen LogP) is 3.52. The van der Waals surface area contributed by atoms with Crippen LogP contribution in [-0.4, -0.2) is 15.9 Å². The molecule has 0 unspecified atom stereocenters. The van der Waals surface area contributed by atoms with E-state index in [9.17, 15) is 4.79 Å². The molecule has 0 fully saturated rings. The second-order valence-corrected chi connectivity index (χ2v) is 5.38. The minimum atomic E-state index is -0.131. The molecule has 0 aliphatic rings. The lowest BCUT2D eigenvalue weighted by Crippen LogP contribution is -2.10. The van der Waals surface area contributed by atoms with Gasteiger partial charge < -0.3 is 0 Å². The molecule has 3 rings (SSSR count). The van der Waals surface area contributed by atoms with Gasteiger partial charge in [-0.1, -0.05) is 0 Å². The van der Waals surface area contributed by atoms with E-state index in [1.165, 1.54) is 22.7 Å². The van der Waals surface area contributed by atoms with Crippen LogP contribution in [0.2, 0.25) is 0 Å². The highest BCUT2D eigenvalue weighted by Crippen LogP contribution is 2.24. The molecule has 19 heavy (non-hydrogen) atoms. The van der Waals surface area contributed by atoms with Crippen LogP contribution in [0.25, 0.3) is 11.3 Å². The summed E-state index contributed by atoms with van der Waals surface area (Å²) in [4.78, 5) is 20.3. The largest absolute Gasteiger partial charge is 0.298 e. The van der Waals surface area contributed by atoms with Crippen molar-refractivity contribution in [3.05, 3.63) is 52.3 Å². The third-order valence-corrected chi connectivity index (χ3v) is 3.91. The molecule has 3 heterocycles. The average Bonchev–Trinajstić information content (AvgIpc) is 3.11. The Kier molecular flexibility index (Phi) is 3.35. The number of thiazole rings is 1. The molecule has 6 heteroatoms. The molecule has 1 N–H and O–H groups in total. The monoisotopic (exact) mass is 287 g/mol. The molecule has 3 aromatic heterocycles. The molecular formula is C13H9N3OS2. The molecule has 0 aliphatic heterocycles. The van der Waals surface area contributed by atoms with Gasteiger partial charge in [0.25, 0.3) is 5.91 Å². The van der Waals surface area contributed by atoms with Crippen LogP contribution in [0.5, 0.6) is 0 Å². The highest BCUT2D eigenvalue weighted by atomic mass is 32.1. The van der Waals surface area contributed by atoms with Crippen molar-refractivity contribution in [1.82, 2.24) is 9.97 Å². The minimum Gasteiger partial charge on any atom is -0.298 e. The van der Waals surface area contributed by atoms with Crippen molar-refractivity contribution in [1.29, 1.82) is 0 Å². The lowest BCUT2D eigenvalue weighted by molar-refractivity contribution is 0.102. The molecular weight excluding hydrogens is 278 g/mol. The molecule has 0 saturated carbocycles. The van der Waals surface area contributed by atoms with E-state index < -0.39 is 0 Å². The van der Waals surface area contributed by atoms with Gasteiger partial charge in [0.1, 0.15) is 0 Å². The first-order valence-corrected chi connectivity index (χ1v) is 7.34. The summed E-state index contributed by atoms with van der Waals surface area (Å²) in [6, 6.07) is 5.58. The third kappa shape index (κ3) is 2.69. The Labute approximate surface area is 117 Å². The summed E-state index contributed by atoms with van der Waals surface area (Å²) in [6.07, 6.45) is 3.47. The van der Waals surface area contributed by atoms with Crippen molar-refractivity contribution >= 4 is 33.7 Å². The van der Waals surface area contributed by atoms with Gasteiger partial charge >= 0.3 is 0 Å². The summed E-state index contributed by atoms with van der Waals surface area (Å²) in [6.45, 7) is 0. The van der Waals surface area contributed by atoms with Crippen LogP contribution in [0.3, 0.4) is 0 Å². The lowest BCUT2D eigenvalue weighted by Gasteiger charge is -1.98. The van der Waals surface area contributed by atoms with Crippen LogP contribution < -0.4 is 5.32 Å². The molecule has 94 valence electrons. The zero-order valence-electron chi connectivity index (χ0n) is 9.74. The van der Waals surface area contributed by atoms with Gasteiger partial charge in [0, 0.05) is 28.7 Å². The summed E-state index contributed by atoms with van der Waals surface area (Å²) in [5, 5.41) is 8.97. The van der Waals surface area contributed by atoms with Crippen LogP contribution in [0.1, 0.15) is 10.4 Å². The SMILES string of the molecule is O=C(Nc1nc(-c2cccnc2)cs1)c1ccsc1. The normalized spacial score (nSPS) is 10.3. The van der Waals surface area contributed by atoms with Gasteiger partial charge in [0.2, 0.25) is 0 Å². The van der Waals surface area contributed by atoms with Crippen molar-refractivity contribution < 1.29 is 4.79 Å². The fraction of sp³-hybridized carbons (Fsp3) is 0. The van der Waals surface area contributed by atoms with Crippen molar-refractivity contribution in [3.8, 4) is 11.3 Å². The fourth-order valence-corrected chi connectivity index (χ4v) is 2.89. The van der Waals surface area contributed by atoms with Crippen LogP contribution in [0.4, 0.5) is 5.13 Å². The number of carbonyl (C=O) groups excluding carboxylic acids is 1. The number of hydrogen-bond acceptors (Lipinski definition) is 5. The quantitative estimate of drug-likeness (QED) is 0.802. The fourth-order valence-electron chi connectivity index (χ4n) is 1.54. The number of thiophene rings is 1. The number of anilines is 1. The van der Waals surface area contributed by atoms with Crippen LogP contribution in [-0.2, 0) is 0 Å². The van der Waals surface area contributed by atoms with Crippen molar-refractivity contribution in [2.75, 3.05) is 5.32 Å². The number of hydrogen-bond donors (Lipinski definition) is 1. The average molecular weight is 287 g/mol. The summed E-state index contributed by atoms with van der Waals surface area (Å²) in [5.74, 6) is -0.131. The highest BCUT2D eigenvalue weighted by Gasteiger charge is 2.10. The van der Waals surface area contributed by atoms with E-state index in [0.29, 0.717) is 10.7 Å². The van der Waals surface area contributed by atoms with E-state index in [0.717, 1.165) is 11.3 Å². The van der Waals surface area contributed by atoms with E-state index in [1.54, 1.807) is 18.5 Å². The third-order valence-electron chi connectivity index (χ3n) is 2.47. The molecule has 0 spiro atoms. The number of pyridine rings is 1. The molecule has 4 nitrogen and oxygen atoms in total. The molecule has 0 aromatic carbocycles. The molecule has 0 radical (unpaired) electrons. The van der Waals surface area contributed by atoms with Gasteiger partial charge in [-0.05, 0) is 23.6 Å². The molecule has 0 bridgehead atoms. The van der Waals surface area contributed by atoms with E-state index in [-0.39, 0.29) is 5.91 Å². The van der Waals surface area contributed by atoms with Crippen molar-refractivity contribution in [3.63, 3.8) is 0 Å². The Bertz CT molecular complexity index is 677.